The van der Waals surface area contributed by atoms with Gasteiger partial charge >= 0.3 is 0 Å². The lowest BCUT2D eigenvalue weighted by Gasteiger charge is -2.19. The SMILES string of the molecule is CC(N)C1=Cc2c(O)cccc2CC1. The minimum absolute atomic E-state index is 0.0859. The molecular formula is C12H15NO. The third-order valence-electron chi connectivity index (χ3n) is 2.77. The second kappa shape index (κ2) is 3.46. The van der Waals surface area contributed by atoms with Crippen molar-refractivity contribution >= 4 is 6.08 Å². The van der Waals surface area contributed by atoms with Gasteiger partial charge in [0.05, 0.1) is 0 Å². The fraction of sp³-hybridized carbons (Fsp3) is 0.333. The first-order chi connectivity index (χ1) is 6.68. The number of benzene rings is 1. The Morgan fingerprint density at radius 2 is 2.14 bits per heavy atom. The van der Waals surface area contributed by atoms with E-state index in [9.17, 15) is 5.11 Å². The van der Waals surface area contributed by atoms with Crippen LogP contribution in [-0.2, 0) is 6.42 Å². The quantitative estimate of drug-likeness (QED) is 0.710. The van der Waals surface area contributed by atoms with E-state index in [1.807, 2.05) is 19.1 Å². The molecule has 1 atom stereocenters. The fourth-order valence-electron chi connectivity index (χ4n) is 1.88. The molecule has 2 nitrogen and oxygen atoms in total. The van der Waals surface area contributed by atoms with Crippen molar-refractivity contribution in [2.75, 3.05) is 0 Å². The van der Waals surface area contributed by atoms with Crippen LogP contribution >= 0.6 is 0 Å². The van der Waals surface area contributed by atoms with Gasteiger partial charge in [-0.2, -0.15) is 0 Å². The summed E-state index contributed by atoms with van der Waals surface area (Å²) in [6.07, 6.45) is 4.02. The molecule has 14 heavy (non-hydrogen) atoms. The summed E-state index contributed by atoms with van der Waals surface area (Å²) in [7, 11) is 0. The van der Waals surface area contributed by atoms with Crippen molar-refractivity contribution < 1.29 is 5.11 Å². The molecule has 0 bridgehead atoms. The van der Waals surface area contributed by atoms with E-state index in [1.165, 1.54) is 11.1 Å². The number of fused-ring (bicyclic) bond motifs is 1. The monoisotopic (exact) mass is 189 g/mol. The molecule has 0 spiro atoms. The lowest BCUT2D eigenvalue weighted by atomic mass is 9.89. The van der Waals surface area contributed by atoms with Crippen molar-refractivity contribution in [3.63, 3.8) is 0 Å². The number of aromatic hydroxyl groups is 1. The van der Waals surface area contributed by atoms with E-state index in [0.717, 1.165) is 18.4 Å². The molecule has 0 aliphatic heterocycles. The topological polar surface area (TPSA) is 46.2 Å². The van der Waals surface area contributed by atoms with Crippen molar-refractivity contribution in [1.29, 1.82) is 0 Å². The lowest BCUT2D eigenvalue weighted by Crippen LogP contribution is -2.20. The summed E-state index contributed by atoms with van der Waals surface area (Å²) in [5.41, 5.74) is 9.21. The van der Waals surface area contributed by atoms with Gasteiger partial charge in [-0.3, -0.25) is 0 Å². The van der Waals surface area contributed by atoms with E-state index in [4.69, 9.17) is 5.73 Å². The number of rotatable bonds is 1. The van der Waals surface area contributed by atoms with Crippen molar-refractivity contribution in [3.8, 4) is 5.75 Å². The van der Waals surface area contributed by atoms with Crippen LogP contribution < -0.4 is 5.73 Å². The molecule has 2 heteroatoms. The largest absolute Gasteiger partial charge is 0.507 e. The normalized spacial score (nSPS) is 17.1. The first kappa shape index (κ1) is 9.28. The molecule has 74 valence electrons. The Kier molecular flexibility index (Phi) is 2.30. The smallest absolute Gasteiger partial charge is 0.123 e. The summed E-state index contributed by atoms with van der Waals surface area (Å²) in [5, 5.41) is 9.67. The van der Waals surface area contributed by atoms with Gasteiger partial charge in [0.15, 0.2) is 0 Å². The minimum Gasteiger partial charge on any atom is -0.507 e. The molecule has 0 amide bonds. The lowest BCUT2D eigenvalue weighted by molar-refractivity contribution is 0.472. The summed E-state index contributed by atoms with van der Waals surface area (Å²) in [6.45, 7) is 1.98. The zero-order valence-corrected chi connectivity index (χ0v) is 8.33. The Morgan fingerprint density at radius 1 is 1.36 bits per heavy atom. The molecule has 1 aliphatic carbocycles. The highest BCUT2D eigenvalue weighted by molar-refractivity contribution is 5.65. The van der Waals surface area contributed by atoms with Crippen LogP contribution in [0.1, 0.15) is 24.5 Å². The maximum Gasteiger partial charge on any atom is 0.123 e. The van der Waals surface area contributed by atoms with Gasteiger partial charge in [-0.25, -0.2) is 0 Å². The number of nitrogens with two attached hydrogens (primary N) is 1. The minimum atomic E-state index is 0.0859. The summed E-state index contributed by atoms with van der Waals surface area (Å²) >= 11 is 0. The fourth-order valence-corrected chi connectivity index (χ4v) is 1.88. The molecule has 1 aromatic carbocycles. The Balaban J connectivity index is 2.47. The van der Waals surface area contributed by atoms with Crippen LogP contribution in [0.2, 0.25) is 0 Å². The van der Waals surface area contributed by atoms with Crippen molar-refractivity contribution in [3.05, 3.63) is 34.9 Å². The van der Waals surface area contributed by atoms with Gasteiger partial charge in [0.25, 0.3) is 0 Å². The number of phenols is 1. The van der Waals surface area contributed by atoms with E-state index in [2.05, 4.69) is 6.07 Å². The Bertz CT molecular complexity index is 380. The van der Waals surface area contributed by atoms with Crippen molar-refractivity contribution in [2.24, 2.45) is 5.73 Å². The Hall–Kier alpha value is -1.28. The van der Waals surface area contributed by atoms with Gasteiger partial charge in [-0.05, 0) is 31.4 Å². The second-order valence-electron chi connectivity index (χ2n) is 3.86. The Labute approximate surface area is 84.1 Å². The van der Waals surface area contributed by atoms with E-state index in [-0.39, 0.29) is 6.04 Å². The molecule has 0 aromatic heterocycles. The highest BCUT2D eigenvalue weighted by atomic mass is 16.3. The average molecular weight is 189 g/mol. The molecule has 0 fully saturated rings. The summed E-state index contributed by atoms with van der Waals surface area (Å²) in [4.78, 5) is 0. The van der Waals surface area contributed by atoms with E-state index >= 15 is 0 Å². The molecular weight excluding hydrogens is 174 g/mol. The Morgan fingerprint density at radius 3 is 2.86 bits per heavy atom. The summed E-state index contributed by atoms with van der Waals surface area (Å²) in [6, 6.07) is 5.75. The molecule has 0 saturated heterocycles. The average Bonchev–Trinajstić information content (AvgIpc) is 2.18. The van der Waals surface area contributed by atoms with Crippen LogP contribution in [-0.4, -0.2) is 11.1 Å². The third-order valence-corrected chi connectivity index (χ3v) is 2.77. The van der Waals surface area contributed by atoms with Crippen LogP contribution in [0.15, 0.2) is 23.8 Å². The van der Waals surface area contributed by atoms with Crippen LogP contribution in [0.5, 0.6) is 5.75 Å². The van der Waals surface area contributed by atoms with Crippen LogP contribution in [0, 0.1) is 0 Å². The van der Waals surface area contributed by atoms with Gasteiger partial charge in [0.1, 0.15) is 5.75 Å². The standard InChI is InChI=1S/C12H15NO/c1-8(13)10-6-5-9-3-2-4-12(14)11(9)7-10/h2-4,7-8,14H,5-6,13H2,1H3. The van der Waals surface area contributed by atoms with Gasteiger partial charge in [0.2, 0.25) is 0 Å². The van der Waals surface area contributed by atoms with Crippen LogP contribution in [0.3, 0.4) is 0 Å². The summed E-state index contributed by atoms with van der Waals surface area (Å²) in [5.74, 6) is 0.361. The molecule has 0 saturated carbocycles. The number of phenolic OH excluding ortho intramolecular Hbond substituents is 1. The van der Waals surface area contributed by atoms with Gasteiger partial charge < -0.3 is 10.8 Å². The zero-order valence-electron chi connectivity index (χ0n) is 8.33. The molecule has 0 radical (unpaired) electrons. The molecule has 1 unspecified atom stereocenters. The van der Waals surface area contributed by atoms with Gasteiger partial charge in [0, 0.05) is 11.6 Å². The maximum atomic E-state index is 9.67. The summed E-state index contributed by atoms with van der Waals surface area (Å²) < 4.78 is 0. The first-order valence-corrected chi connectivity index (χ1v) is 4.95. The second-order valence-corrected chi connectivity index (χ2v) is 3.86. The van der Waals surface area contributed by atoms with Crippen LogP contribution in [0.25, 0.3) is 6.08 Å². The highest BCUT2D eigenvalue weighted by Crippen LogP contribution is 2.30. The van der Waals surface area contributed by atoms with Crippen molar-refractivity contribution in [2.45, 2.75) is 25.8 Å². The number of hydrogen-bond acceptors (Lipinski definition) is 2. The van der Waals surface area contributed by atoms with Crippen LogP contribution in [0.4, 0.5) is 0 Å². The molecule has 2 rings (SSSR count). The molecule has 3 N–H and O–H groups in total. The van der Waals surface area contributed by atoms with Crippen molar-refractivity contribution in [1.82, 2.24) is 0 Å². The third kappa shape index (κ3) is 1.53. The zero-order chi connectivity index (χ0) is 10.1. The first-order valence-electron chi connectivity index (χ1n) is 4.95. The molecule has 0 heterocycles. The molecule has 1 aromatic rings. The van der Waals surface area contributed by atoms with Gasteiger partial charge in [-0.15, -0.1) is 0 Å². The predicted octanol–water partition coefficient (Wildman–Crippen LogP) is 2.07. The predicted molar refractivity (Wildman–Crippen MR) is 58.1 cm³/mol. The number of hydrogen-bond donors (Lipinski definition) is 2. The molecule has 1 aliphatic rings. The van der Waals surface area contributed by atoms with E-state index in [0.29, 0.717) is 5.75 Å². The highest BCUT2D eigenvalue weighted by Gasteiger charge is 2.14. The number of aryl methyl sites for hydroxylation is 1. The van der Waals surface area contributed by atoms with Gasteiger partial charge in [-0.1, -0.05) is 23.8 Å². The van der Waals surface area contributed by atoms with E-state index in [1.54, 1.807) is 6.07 Å². The van der Waals surface area contributed by atoms with E-state index < -0.39 is 0 Å². The maximum absolute atomic E-state index is 9.67.